The van der Waals surface area contributed by atoms with Crippen LogP contribution >= 0.6 is 11.3 Å². The van der Waals surface area contributed by atoms with E-state index in [-0.39, 0.29) is 17.9 Å². The van der Waals surface area contributed by atoms with Gasteiger partial charge in [0.25, 0.3) is 5.91 Å². The molecule has 1 aromatic heterocycles. The molecule has 0 unspecified atom stereocenters. The number of nitrogens with zero attached hydrogens (tertiary/aromatic N) is 2. The number of benzene rings is 2. The molecule has 170 valence electrons. The van der Waals surface area contributed by atoms with Crippen LogP contribution in [0.3, 0.4) is 0 Å². The fourth-order valence-corrected chi connectivity index (χ4v) is 5.14. The van der Waals surface area contributed by atoms with E-state index in [1.807, 2.05) is 6.07 Å². The van der Waals surface area contributed by atoms with Crippen LogP contribution in [0.5, 0.6) is 5.75 Å². The zero-order chi connectivity index (χ0) is 23.5. The highest BCUT2D eigenvalue weighted by Crippen LogP contribution is 2.23. The fourth-order valence-electron chi connectivity index (χ4n) is 3.00. The lowest BCUT2D eigenvalue weighted by atomic mass is 10.1. The number of hydrogen-bond donors (Lipinski definition) is 0. The smallest absolute Gasteiger partial charge is 0.325 e. The molecule has 0 saturated carbocycles. The van der Waals surface area contributed by atoms with Crippen LogP contribution in [-0.4, -0.2) is 44.3 Å². The van der Waals surface area contributed by atoms with E-state index in [1.165, 1.54) is 30.6 Å². The van der Waals surface area contributed by atoms with Gasteiger partial charge in [0.2, 0.25) is 0 Å². The van der Waals surface area contributed by atoms with Gasteiger partial charge in [-0.05, 0) is 49.7 Å². The Balaban J connectivity index is 1.93. The molecule has 0 atom stereocenters. The summed E-state index contributed by atoms with van der Waals surface area (Å²) in [5, 5.41) is -0.526. The van der Waals surface area contributed by atoms with Gasteiger partial charge in [-0.2, -0.15) is 4.99 Å². The maximum absolute atomic E-state index is 12.6. The number of hydrogen-bond acceptors (Lipinski definition) is 7. The first-order valence-electron chi connectivity index (χ1n) is 9.80. The first-order valence-corrected chi connectivity index (χ1v) is 12.2. The number of fused-ring (bicyclic) bond motifs is 1. The van der Waals surface area contributed by atoms with E-state index in [9.17, 15) is 18.0 Å². The molecule has 0 aliphatic heterocycles. The van der Waals surface area contributed by atoms with Gasteiger partial charge in [-0.1, -0.05) is 23.5 Å². The van der Waals surface area contributed by atoms with Crippen molar-refractivity contribution in [2.24, 2.45) is 4.99 Å². The van der Waals surface area contributed by atoms with Crippen LogP contribution in [0.25, 0.3) is 10.2 Å². The molecule has 8 nitrogen and oxygen atoms in total. The number of thiazole rings is 1. The van der Waals surface area contributed by atoms with Crippen molar-refractivity contribution >= 4 is 43.3 Å². The van der Waals surface area contributed by atoms with E-state index in [2.05, 4.69) is 4.99 Å². The Morgan fingerprint density at radius 1 is 1.09 bits per heavy atom. The average molecular weight is 477 g/mol. The molecule has 3 rings (SSSR count). The van der Waals surface area contributed by atoms with Crippen molar-refractivity contribution in [1.82, 2.24) is 4.57 Å². The lowest BCUT2D eigenvalue weighted by Crippen LogP contribution is -2.22. The molecule has 0 spiro atoms. The Bertz CT molecular complexity index is 1320. The van der Waals surface area contributed by atoms with Crippen molar-refractivity contribution in [3.8, 4) is 5.75 Å². The summed E-state index contributed by atoms with van der Waals surface area (Å²) >= 11 is 1.26. The van der Waals surface area contributed by atoms with Crippen molar-refractivity contribution in [1.29, 1.82) is 0 Å². The minimum atomic E-state index is -3.38. The molecule has 0 bridgehead atoms. The van der Waals surface area contributed by atoms with Crippen molar-refractivity contribution in [3.63, 3.8) is 0 Å². The quantitative estimate of drug-likeness (QED) is 0.486. The highest BCUT2D eigenvalue weighted by atomic mass is 32.2. The molecule has 0 aliphatic rings. The number of aromatic nitrogens is 1. The molecule has 0 fully saturated rings. The highest BCUT2D eigenvalue weighted by molar-refractivity contribution is 7.92. The minimum Gasteiger partial charge on any atom is -0.497 e. The number of carbonyl (C=O) groups is 2. The Morgan fingerprint density at radius 3 is 2.38 bits per heavy atom. The zero-order valence-electron chi connectivity index (χ0n) is 18.2. The van der Waals surface area contributed by atoms with E-state index in [0.717, 1.165) is 10.2 Å². The number of amides is 1. The molecule has 32 heavy (non-hydrogen) atoms. The Kier molecular flexibility index (Phi) is 7.15. The van der Waals surface area contributed by atoms with Gasteiger partial charge in [0, 0.05) is 0 Å². The zero-order valence-corrected chi connectivity index (χ0v) is 19.8. The van der Waals surface area contributed by atoms with Crippen molar-refractivity contribution in [2.45, 2.75) is 37.0 Å². The summed E-state index contributed by atoms with van der Waals surface area (Å²) in [4.78, 5) is 29.3. The predicted octanol–water partition coefficient (Wildman–Crippen LogP) is 2.74. The van der Waals surface area contributed by atoms with Crippen molar-refractivity contribution in [3.05, 3.63) is 52.8 Å². The normalized spacial score (nSPS) is 12.3. The number of methoxy groups -OCH3 is 2. The molecule has 3 aromatic rings. The molecular weight excluding hydrogens is 452 g/mol. The Labute approximate surface area is 190 Å². The summed E-state index contributed by atoms with van der Waals surface area (Å²) in [5.41, 5.74) is 1.37. The van der Waals surface area contributed by atoms with Gasteiger partial charge >= 0.3 is 5.97 Å². The maximum Gasteiger partial charge on any atom is 0.325 e. The summed E-state index contributed by atoms with van der Waals surface area (Å²) < 4.78 is 37.0. The van der Waals surface area contributed by atoms with Crippen LogP contribution in [0.2, 0.25) is 0 Å². The van der Waals surface area contributed by atoms with E-state index >= 15 is 0 Å². The Morgan fingerprint density at radius 2 is 1.78 bits per heavy atom. The van der Waals surface area contributed by atoms with Gasteiger partial charge < -0.3 is 14.0 Å². The van der Waals surface area contributed by atoms with E-state index in [1.54, 1.807) is 49.8 Å². The summed E-state index contributed by atoms with van der Waals surface area (Å²) in [6, 6.07) is 11.6. The SMILES string of the molecule is COC(=O)Cn1c(=NC(=O)Cc2ccc(S(=O)(=O)C(C)C)cc2)sc2cc(OC)ccc21. The fraction of sp³-hybridized carbons (Fsp3) is 0.318. The first-order chi connectivity index (χ1) is 15.1. The van der Waals surface area contributed by atoms with Crippen LogP contribution in [-0.2, 0) is 37.1 Å². The maximum atomic E-state index is 12.6. The molecular formula is C22H24N2O6S2. The third-order valence-corrected chi connectivity index (χ3v) is 8.06. The molecule has 0 aliphatic carbocycles. The lowest BCUT2D eigenvalue weighted by Gasteiger charge is -2.08. The third-order valence-electron chi connectivity index (χ3n) is 4.85. The number of rotatable bonds is 7. The van der Waals surface area contributed by atoms with Crippen LogP contribution in [0.4, 0.5) is 0 Å². The number of carbonyl (C=O) groups excluding carboxylic acids is 2. The van der Waals surface area contributed by atoms with E-state index in [0.29, 0.717) is 16.1 Å². The third kappa shape index (κ3) is 5.08. The van der Waals surface area contributed by atoms with Gasteiger partial charge in [0.1, 0.15) is 12.3 Å². The van der Waals surface area contributed by atoms with Gasteiger partial charge in [-0.3, -0.25) is 9.59 Å². The number of ether oxygens (including phenoxy) is 2. The van der Waals surface area contributed by atoms with Gasteiger partial charge in [-0.15, -0.1) is 0 Å². The summed E-state index contributed by atoms with van der Waals surface area (Å²) in [7, 11) is -0.519. The van der Waals surface area contributed by atoms with Crippen molar-refractivity contribution < 1.29 is 27.5 Å². The van der Waals surface area contributed by atoms with E-state index in [4.69, 9.17) is 9.47 Å². The standard InChI is InChI=1S/C22H24N2O6S2/c1-14(2)32(27,28)17-8-5-15(6-9-17)11-20(25)23-22-24(13-21(26)30-4)18-10-7-16(29-3)12-19(18)31-22/h5-10,12,14H,11,13H2,1-4H3. The minimum absolute atomic E-state index is 0.00219. The number of esters is 1. The van der Waals surface area contributed by atoms with E-state index < -0.39 is 27.0 Å². The number of sulfone groups is 1. The van der Waals surface area contributed by atoms with Crippen LogP contribution in [0, 0.1) is 0 Å². The second-order valence-electron chi connectivity index (χ2n) is 7.30. The van der Waals surface area contributed by atoms with Crippen LogP contribution in [0.1, 0.15) is 19.4 Å². The lowest BCUT2D eigenvalue weighted by molar-refractivity contribution is -0.141. The second kappa shape index (κ2) is 9.66. The van der Waals surface area contributed by atoms with Gasteiger partial charge in [0.05, 0.1) is 41.0 Å². The molecule has 0 radical (unpaired) electrons. The van der Waals surface area contributed by atoms with Gasteiger partial charge in [0.15, 0.2) is 14.6 Å². The molecule has 0 N–H and O–H groups in total. The molecule has 1 amide bonds. The largest absolute Gasteiger partial charge is 0.497 e. The first kappa shape index (κ1) is 23.7. The molecule has 0 saturated heterocycles. The topological polar surface area (TPSA) is 104 Å². The molecule has 10 heteroatoms. The molecule has 1 heterocycles. The van der Waals surface area contributed by atoms with Gasteiger partial charge in [-0.25, -0.2) is 8.42 Å². The monoisotopic (exact) mass is 476 g/mol. The average Bonchev–Trinajstić information content (AvgIpc) is 3.09. The Hall–Kier alpha value is -2.98. The molecule has 2 aromatic carbocycles. The summed E-state index contributed by atoms with van der Waals surface area (Å²) in [5.74, 6) is -0.226. The van der Waals surface area contributed by atoms with Crippen molar-refractivity contribution in [2.75, 3.05) is 14.2 Å². The highest BCUT2D eigenvalue weighted by Gasteiger charge is 2.19. The van der Waals surface area contributed by atoms with Crippen LogP contribution in [0.15, 0.2) is 52.4 Å². The van der Waals surface area contributed by atoms with Crippen LogP contribution < -0.4 is 9.54 Å². The second-order valence-corrected chi connectivity index (χ2v) is 10.8. The summed E-state index contributed by atoms with van der Waals surface area (Å²) in [6.45, 7) is 3.16. The summed E-state index contributed by atoms with van der Waals surface area (Å²) in [6.07, 6.45) is -0.00219. The predicted molar refractivity (Wildman–Crippen MR) is 121 cm³/mol.